The van der Waals surface area contributed by atoms with Crippen molar-refractivity contribution in [2.45, 2.75) is 44.6 Å². The Labute approximate surface area is 220 Å². The van der Waals surface area contributed by atoms with Crippen molar-refractivity contribution in [3.63, 3.8) is 0 Å². The molecule has 5 rings (SSSR count). The number of aromatic nitrogens is 3. The highest BCUT2D eigenvalue weighted by atomic mass is 32.2. The monoisotopic (exact) mass is 513 g/mol. The van der Waals surface area contributed by atoms with Crippen molar-refractivity contribution in [3.8, 4) is 0 Å². The number of rotatable bonds is 6. The Kier molecular flexibility index (Phi) is 6.84. The Morgan fingerprint density at radius 2 is 1.78 bits per heavy atom. The van der Waals surface area contributed by atoms with Crippen LogP contribution in [0.3, 0.4) is 0 Å². The smallest absolute Gasteiger partial charge is 0.255 e. The number of anilines is 2. The van der Waals surface area contributed by atoms with Crippen LogP contribution < -0.4 is 10.6 Å². The van der Waals surface area contributed by atoms with Gasteiger partial charge in [0, 0.05) is 17.1 Å². The number of hydrogen-bond acceptors (Lipinski definition) is 5. The quantitative estimate of drug-likeness (QED) is 0.286. The molecule has 0 aliphatic carbocycles. The summed E-state index contributed by atoms with van der Waals surface area (Å²) in [5.41, 5.74) is 7.27. The van der Waals surface area contributed by atoms with Gasteiger partial charge in [-0.3, -0.25) is 4.79 Å². The van der Waals surface area contributed by atoms with Crippen LogP contribution in [0.1, 0.15) is 40.8 Å². The maximum atomic E-state index is 13.8. The van der Waals surface area contributed by atoms with E-state index < -0.39 is 6.04 Å². The van der Waals surface area contributed by atoms with Gasteiger partial charge >= 0.3 is 0 Å². The lowest BCUT2D eigenvalue weighted by molar-refractivity contribution is -0.113. The van der Waals surface area contributed by atoms with Gasteiger partial charge in [0.25, 0.3) is 5.91 Å². The highest BCUT2D eigenvalue weighted by molar-refractivity contribution is 7.98. The number of carbonyl (C=O) groups excluding carboxylic acids is 1. The van der Waals surface area contributed by atoms with Gasteiger partial charge in [0.05, 0.1) is 5.57 Å². The molecule has 0 bridgehead atoms. The van der Waals surface area contributed by atoms with Crippen LogP contribution in [0, 0.1) is 26.6 Å². The molecule has 0 radical (unpaired) electrons. The molecule has 1 atom stereocenters. The van der Waals surface area contributed by atoms with Gasteiger partial charge in [0.1, 0.15) is 11.9 Å². The Bertz CT molecular complexity index is 1510. The molecule has 0 spiro atoms. The van der Waals surface area contributed by atoms with E-state index in [0.29, 0.717) is 22.4 Å². The number of hydrogen-bond donors (Lipinski definition) is 2. The normalized spacial score (nSPS) is 14.8. The number of carbonyl (C=O) groups is 1. The first kappa shape index (κ1) is 24.8. The largest absolute Gasteiger partial charge is 0.328 e. The molecular weight excluding hydrogens is 485 g/mol. The lowest BCUT2D eigenvalue weighted by atomic mass is 9.95. The molecule has 2 N–H and O–H groups in total. The van der Waals surface area contributed by atoms with E-state index in [1.165, 1.54) is 28.8 Å². The summed E-state index contributed by atoms with van der Waals surface area (Å²) in [6.07, 6.45) is 0. The van der Waals surface area contributed by atoms with E-state index in [-0.39, 0.29) is 11.7 Å². The SMILES string of the molecule is CC1=C(C(=O)Nc2ccccc2C)[C@H](c2ccc(F)cc2)n2nc(SCc3cc(C)ccc3C)nc2N1. The third-order valence-electron chi connectivity index (χ3n) is 6.52. The molecule has 0 fully saturated rings. The van der Waals surface area contributed by atoms with Crippen LogP contribution in [-0.4, -0.2) is 20.7 Å². The second-order valence-electron chi connectivity index (χ2n) is 9.27. The van der Waals surface area contributed by atoms with Crippen molar-refractivity contribution in [2.24, 2.45) is 0 Å². The molecule has 1 aliphatic heterocycles. The second kappa shape index (κ2) is 10.2. The number of nitrogens with zero attached hydrogens (tertiary/aromatic N) is 3. The van der Waals surface area contributed by atoms with Crippen LogP contribution in [0.2, 0.25) is 0 Å². The first-order valence-electron chi connectivity index (χ1n) is 12.1. The predicted molar refractivity (Wildman–Crippen MR) is 146 cm³/mol. The minimum Gasteiger partial charge on any atom is -0.328 e. The molecule has 1 aliphatic rings. The van der Waals surface area contributed by atoms with Crippen LogP contribution in [0.5, 0.6) is 0 Å². The zero-order chi connectivity index (χ0) is 26.1. The average molecular weight is 514 g/mol. The molecule has 0 saturated carbocycles. The van der Waals surface area contributed by atoms with Gasteiger partial charge in [0.2, 0.25) is 11.1 Å². The van der Waals surface area contributed by atoms with Gasteiger partial charge in [0.15, 0.2) is 0 Å². The standard InChI is InChI=1S/C29H28FN5OS/c1-17-9-10-18(2)22(15-17)16-37-29-33-28-31-20(4)25(27(36)32-24-8-6-5-7-19(24)3)26(35(28)34-29)21-11-13-23(30)14-12-21/h5-15,26H,16H2,1-4H3,(H,32,36)(H,31,33,34)/t26-/m0/s1. The Morgan fingerprint density at radius 1 is 1.03 bits per heavy atom. The number of benzene rings is 3. The molecule has 188 valence electrons. The molecule has 0 unspecified atom stereocenters. The summed E-state index contributed by atoms with van der Waals surface area (Å²) in [7, 11) is 0. The minimum atomic E-state index is -0.566. The van der Waals surface area contributed by atoms with E-state index in [9.17, 15) is 9.18 Å². The van der Waals surface area contributed by atoms with E-state index in [4.69, 9.17) is 10.1 Å². The Morgan fingerprint density at radius 3 is 2.54 bits per heavy atom. The summed E-state index contributed by atoms with van der Waals surface area (Å²) >= 11 is 1.54. The summed E-state index contributed by atoms with van der Waals surface area (Å²) in [6, 6.07) is 19.6. The molecule has 8 heteroatoms. The molecule has 0 saturated heterocycles. The Balaban J connectivity index is 1.49. The molecular formula is C29H28FN5OS. The van der Waals surface area contributed by atoms with Crippen LogP contribution in [0.15, 0.2) is 83.2 Å². The summed E-state index contributed by atoms with van der Waals surface area (Å²) < 4.78 is 15.5. The zero-order valence-corrected chi connectivity index (χ0v) is 22.0. The molecule has 2 heterocycles. The summed E-state index contributed by atoms with van der Waals surface area (Å²) in [5, 5.41) is 11.7. The lowest BCUT2D eigenvalue weighted by Gasteiger charge is -2.28. The fourth-order valence-electron chi connectivity index (χ4n) is 4.44. The maximum Gasteiger partial charge on any atom is 0.255 e. The van der Waals surface area contributed by atoms with Crippen molar-refractivity contribution in [2.75, 3.05) is 10.6 Å². The molecule has 1 aromatic heterocycles. The minimum absolute atomic E-state index is 0.251. The summed E-state index contributed by atoms with van der Waals surface area (Å²) in [5.74, 6) is 0.681. The van der Waals surface area contributed by atoms with Gasteiger partial charge in [-0.1, -0.05) is 65.9 Å². The van der Waals surface area contributed by atoms with E-state index in [0.717, 1.165) is 22.6 Å². The van der Waals surface area contributed by atoms with Gasteiger partial charge in [-0.15, -0.1) is 5.10 Å². The zero-order valence-electron chi connectivity index (χ0n) is 21.2. The fourth-order valence-corrected chi connectivity index (χ4v) is 5.33. The molecule has 3 aromatic carbocycles. The van der Waals surface area contributed by atoms with Gasteiger partial charge in [-0.25, -0.2) is 9.07 Å². The van der Waals surface area contributed by atoms with Crippen LogP contribution in [0.4, 0.5) is 16.0 Å². The first-order valence-corrected chi connectivity index (χ1v) is 13.0. The van der Waals surface area contributed by atoms with Crippen molar-refractivity contribution >= 4 is 29.3 Å². The number of para-hydroxylation sites is 1. The summed E-state index contributed by atoms with van der Waals surface area (Å²) in [6.45, 7) is 7.98. The van der Waals surface area contributed by atoms with Crippen molar-refractivity contribution < 1.29 is 9.18 Å². The highest BCUT2D eigenvalue weighted by Crippen LogP contribution is 2.37. The molecule has 6 nitrogen and oxygen atoms in total. The topological polar surface area (TPSA) is 71.8 Å². The first-order chi connectivity index (χ1) is 17.8. The molecule has 4 aromatic rings. The van der Waals surface area contributed by atoms with Crippen LogP contribution in [-0.2, 0) is 10.5 Å². The number of aryl methyl sites for hydroxylation is 3. The predicted octanol–water partition coefficient (Wildman–Crippen LogP) is 6.56. The molecule has 1 amide bonds. The maximum absolute atomic E-state index is 13.8. The lowest BCUT2D eigenvalue weighted by Crippen LogP contribution is -2.31. The molecule has 37 heavy (non-hydrogen) atoms. The van der Waals surface area contributed by atoms with Crippen molar-refractivity contribution in [3.05, 3.63) is 112 Å². The van der Waals surface area contributed by atoms with Crippen LogP contribution in [0.25, 0.3) is 0 Å². The van der Waals surface area contributed by atoms with Gasteiger partial charge in [-0.2, -0.15) is 4.98 Å². The van der Waals surface area contributed by atoms with Gasteiger partial charge < -0.3 is 10.6 Å². The number of allylic oxidation sites excluding steroid dienone is 1. The van der Waals surface area contributed by atoms with Crippen molar-refractivity contribution in [1.29, 1.82) is 0 Å². The van der Waals surface area contributed by atoms with E-state index in [1.54, 1.807) is 28.6 Å². The Hall–Kier alpha value is -3.91. The third-order valence-corrected chi connectivity index (χ3v) is 7.40. The average Bonchev–Trinajstić information content (AvgIpc) is 3.28. The number of nitrogens with one attached hydrogen (secondary N) is 2. The fraction of sp³-hybridized carbons (Fsp3) is 0.207. The number of thioether (sulfide) groups is 1. The van der Waals surface area contributed by atoms with E-state index in [2.05, 4.69) is 42.7 Å². The van der Waals surface area contributed by atoms with Crippen molar-refractivity contribution in [1.82, 2.24) is 14.8 Å². The van der Waals surface area contributed by atoms with Gasteiger partial charge in [-0.05, 0) is 68.1 Å². The van der Waals surface area contributed by atoms with E-state index >= 15 is 0 Å². The number of fused-ring (bicyclic) bond motifs is 1. The number of amides is 1. The highest BCUT2D eigenvalue weighted by Gasteiger charge is 2.34. The third kappa shape index (κ3) is 5.15. The van der Waals surface area contributed by atoms with Crippen LogP contribution >= 0.6 is 11.8 Å². The van der Waals surface area contributed by atoms with E-state index in [1.807, 2.05) is 38.1 Å². The second-order valence-corrected chi connectivity index (χ2v) is 10.2. The summed E-state index contributed by atoms with van der Waals surface area (Å²) in [4.78, 5) is 18.3. The number of halogens is 1.